The van der Waals surface area contributed by atoms with Crippen LogP contribution in [0, 0.1) is 12.7 Å². The molecule has 0 bridgehead atoms. The van der Waals surface area contributed by atoms with Gasteiger partial charge in [-0.2, -0.15) is 0 Å². The maximum Gasteiger partial charge on any atom is 0.332 e. The Kier molecular flexibility index (Phi) is 4.34. The fourth-order valence-corrected chi connectivity index (χ4v) is 2.21. The number of hydrogen-bond donors (Lipinski definition) is 2. The molecule has 6 heteroatoms. The lowest BCUT2D eigenvalue weighted by Crippen LogP contribution is -2.33. The van der Waals surface area contributed by atoms with Crippen LogP contribution < -0.4 is 5.32 Å². The van der Waals surface area contributed by atoms with Gasteiger partial charge in [0.2, 0.25) is 0 Å². The fourth-order valence-electron chi connectivity index (χ4n) is 2.21. The monoisotopic (exact) mass is 281 g/mol. The van der Waals surface area contributed by atoms with Gasteiger partial charge in [0.25, 0.3) is 5.91 Å². The quantitative estimate of drug-likeness (QED) is 0.877. The average Bonchev–Trinajstić information content (AvgIpc) is 2.83. The van der Waals surface area contributed by atoms with Crippen molar-refractivity contribution in [1.29, 1.82) is 0 Å². The summed E-state index contributed by atoms with van der Waals surface area (Å²) in [4.78, 5) is 22.6. The number of carboxylic acids is 1. The highest BCUT2D eigenvalue weighted by atomic mass is 19.1. The molecule has 1 saturated heterocycles. The van der Waals surface area contributed by atoms with Crippen LogP contribution >= 0.6 is 0 Å². The first-order valence-corrected chi connectivity index (χ1v) is 6.39. The van der Waals surface area contributed by atoms with Crippen molar-refractivity contribution in [3.05, 3.63) is 35.1 Å². The van der Waals surface area contributed by atoms with Gasteiger partial charge in [0, 0.05) is 12.1 Å². The molecule has 0 spiro atoms. The van der Waals surface area contributed by atoms with Gasteiger partial charge in [0.15, 0.2) is 6.10 Å². The van der Waals surface area contributed by atoms with Crippen LogP contribution in [-0.2, 0) is 9.53 Å². The summed E-state index contributed by atoms with van der Waals surface area (Å²) >= 11 is 0. The first-order chi connectivity index (χ1) is 9.45. The minimum Gasteiger partial charge on any atom is -0.479 e. The lowest BCUT2D eigenvalue weighted by Gasteiger charge is -2.12. The van der Waals surface area contributed by atoms with Gasteiger partial charge < -0.3 is 15.2 Å². The summed E-state index contributed by atoms with van der Waals surface area (Å²) in [5.41, 5.74) is 0.911. The van der Waals surface area contributed by atoms with E-state index < -0.39 is 23.8 Å². The number of aliphatic carboxylic acids is 1. The van der Waals surface area contributed by atoms with Crippen molar-refractivity contribution in [1.82, 2.24) is 5.32 Å². The van der Waals surface area contributed by atoms with E-state index in [4.69, 9.17) is 9.84 Å². The van der Waals surface area contributed by atoms with E-state index in [0.717, 1.165) is 6.07 Å². The number of ether oxygens (including phenoxy) is 1. The Labute approximate surface area is 115 Å². The lowest BCUT2D eigenvalue weighted by molar-refractivity contribution is -0.149. The molecule has 5 nitrogen and oxygen atoms in total. The molecule has 2 rings (SSSR count). The Bertz CT molecular complexity index is 512. The Morgan fingerprint density at radius 1 is 1.40 bits per heavy atom. The summed E-state index contributed by atoms with van der Waals surface area (Å²) in [5, 5.41) is 11.4. The van der Waals surface area contributed by atoms with E-state index >= 15 is 0 Å². The predicted molar refractivity (Wildman–Crippen MR) is 69.0 cm³/mol. The minimum atomic E-state index is -0.986. The normalized spacial score (nSPS) is 21.7. The van der Waals surface area contributed by atoms with Crippen molar-refractivity contribution in [2.45, 2.75) is 32.0 Å². The zero-order valence-corrected chi connectivity index (χ0v) is 11.1. The summed E-state index contributed by atoms with van der Waals surface area (Å²) in [5.74, 6) is -1.84. The highest BCUT2D eigenvalue weighted by molar-refractivity contribution is 5.94. The first-order valence-electron chi connectivity index (χ1n) is 6.39. The molecule has 1 aliphatic heterocycles. The third kappa shape index (κ3) is 3.54. The highest BCUT2D eigenvalue weighted by Crippen LogP contribution is 2.19. The maximum atomic E-state index is 13.2. The van der Waals surface area contributed by atoms with Gasteiger partial charge in [-0.1, -0.05) is 0 Å². The van der Waals surface area contributed by atoms with E-state index in [1.807, 2.05) is 0 Å². The van der Waals surface area contributed by atoms with Crippen LogP contribution in [0.1, 0.15) is 28.8 Å². The molecule has 0 aliphatic carbocycles. The molecule has 20 heavy (non-hydrogen) atoms. The third-order valence-electron chi connectivity index (χ3n) is 3.18. The summed E-state index contributed by atoms with van der Waals surface area (Å²) < 4.78 is 18.5. The van der Waals surface area contributed by atoms with E-state index in [-0.39, 0.29) is 18.2 Å². The summed E-state index contributed by atoms with van der Waals surface area (Å²) in [7, 11) is 0. The van der Waals surface area contributed by atoms with Crippen molar-refractivity contribution in [2.24, 2.45) is 0 Å². The molecule has 1 heterocycles. The number of amides is 1. The number of halogens is 1. The number of carboxylic acid groups (broad SMARTS) is 1. The topological polar surface area (TPSA) is 75.6 Å². The molecule has 1 aliphatic rings. The van der Waals surface area contributed by atoms with Crippen molar-refractivity contribution < 1.29 is 23.8 Å². The van der Waals surface area contributed by atoms with Crippen LogP contribution in [0.2, 0.25) is 0 Å². The van der Waals surface area contributed by atoms with Crippen LogP contribution in [0.3, 0.4) is 0 Å². The van der Waals surface area contributed by atoms with Crippen molar-refractivity contribution in [3.63, 3.8) is 0 Å². The van der Waals surface area contributed by atoms with E-state index in [1.165, 1.54) is 6.07 Å². The zero-order chi connectivity index (χ0) is 14.7. The van der Waals surface area contributed by atoms with Gasteiger partial charge in [-0.25, -0.2) is 9.18 Å². The molecule has 2 unspecified atom stereocenters. The molecule has 0 saturated carbocycles. The fraction of sp³-hybridized carbons (Fsp3) is 0.429. The molecular formula is C14H16FNO4. The molecule has 0 aromatic heterocycles. The van der Waals surface area contributed by atoms with E-state index in [9.17, 15) is 14.0 Å². The second kappa shape index (κ2) is 6.00. The van der Waals surface area contributed by atoms with Gasteiger partial charge in [0.1, 0.15) is 5.82 Å². The Hall–Kier alpha value is -1.95. The highest BCUT2D eigenvalue weighted by Gasteiger charge is 2.30. The standard InChI is InChI=1S/C14H16FNO4/c1-8-4-9(6-10(15)5-8)13(17)16-7-11-2-3-12(20-11)14(18)19/h4-6,11-12H,2-3,7H2,1H3,(H,16,17)(H,18,19). The Morgan fingerprint density at radius 2 is 2.15 bits per heavy atom. The number of hydrogen-bond acceptors (Lipinski definition) is 3. The molecule has 1 fully saturated rings. The Morgan fingerprint density at radius 3 is 2.75 bits per heavy atom. The number of rotatable bonds is 4. The molecule has 1 amide bonds. The second-order valence-corrected chi connectivity index (χ2v) is 4.89. The largest absolute Gasteiger partial charge is 0.479 e. The van der Waals surface area contributed by atoms with Gasteiger partial charge in [-0.15, -0.1) is 0 Å². The first kappa shape index (κ1) is 14.5. The van der Waals surface area contributed by atoms with Crippen LogP contribution in [0.15, 0.2) is 18.2 Å². The SMILES string of the molecule is Cc1cc(F)cc(C(=O)NCC2CCC(C(=O)O)O2)c1. The van der Waals surface area contributed by atoms with Crippen LogP contribution in [0.4, 0.5) is 4.39 Å². The zero-order valence-electron chi connectivity index (χ0n) is 11.1. The average molecular weight is 281 g/mol. The molecule has 1 aromatic rings. The van der Waals surface area contributed by atoms with Crippen molar-refractivity contribution in [3.8, 4) is 0 Å². The van der Waals surface area contributed by atoms with E-state index in [0.29, 0.717) is 18.4 Å². The molecule has 108 valence electrons. The molecular weight excluding hydrogens is 265 g/mol. The number of carbonyl (C=O) groups excluding carboxylic acids is 1. The van der Waals surface area contributed by atoms with Crippen LogP contribution in [0.25, 0.3) is 0 Å². The summed E-state index contributed by atoms with van der Waals surface area (Å²) in [6, 6.07) is 4.10. The number of benzene rings is 1. The summed E-state index contributed by atoms with van der Waals surface area (Å²) in [6.07, 6.45) is -0.0861. The number of aryl methyl sites for hydroxylation is 1. The van der Waals surface area contributed by atoms with Gasteiger partial charge in [-0.3, -0.25) is 4.79 Å². The van der Waals surface area contributed by atoms with Crippen molar-refractivity contribution in [2.75, 3.05) is 6.54 Å². The second-order valence-electron chi connectivity index (χ2n) is 4.89. The molecule has 0 radical (unpaired) electrons. The summed E-state index contributed by atoms with van der Waals surface area (Å²) in [6.45, 7) is 1.93. The molecule has 2 atom stereocenters. The van der Waals surface area contributed by atoms with E-state index in [2.05, 4.69) is 5.32 Å². The molecule has 1 aromatic carbocycles. The third-order valence-corrected chi connectivity index (χ3v) is 3.18. The lowest BCUT2D eigenvalue weighted by atomic mass is 10.1. The van der Waals surface area contributed by atoms with Crippen LogP contribution in [-0.4, -0.2) is 35.7 Å². The van der Waals surface area contributed by atoms with Gasteiger partial charge >= 0.3 is 5.97 Å². The maximum absolute atomic E-state index is 13.2. The predicted octanol–water partition coefficient (Wildman–Crippen LogP) is 1.50. The number of carbonyl (C=O) groups is 2. The van der Waals surface area contributed by atoms with Crippen molar-refractivity contribution >= 4 is 11.9 Å². The van der Waals surface area contributed by atoms with E-state index in [1.54, 1.807) is 13.0 Å². The smallest absolute Gasteiger partial charge is 0.332 e. The van der Waals surface area contributed by atoms with Gasteiger partial charge in [-0.05, 0) is 43.5 Å². The molecule has 2 N–H and O–H groups in total. The van der Waals surface area contributed by atoms with Crippen LogP contribution in [0.5, 0.6) is 0 Å². The minimum absolute atomic E-state index is 0.220. The van der Waals surface area contributed by atoms with Gasteiger partial charge in [0.05, 0.1) is 6.10 Å². The Balaban J connectivity index is 1.88. The number of nitrogens with one attached hydrogen (secondary N) is 1.